The Morgan fingerprint density at radius 3 is 2.44 bits per heavy atom. The van der Waals surface area contributed by atoms with Crippen molar-refractivity contribution in [1.82, 2.24) is 9.47 Å². The Balaban J connectivity index is 1.53. The van der Waals surface area contributed by atoms with E-state index in [2.05, 4.69) is 77.5 Å². The molecule has 0 unspecified atom stereocenters. The largest absolute Gasteiger partial charge is 0.342 e. The summed E-state index contributed by atoms with van der Waals surface area (Å²) >= 11 is 1.48. The molecule has 3 aromatic carbocycles. The molecule has 1 saturated heterocycles. The van der Waals surface area contributed by atoms with Crippen LogP contribution in [0.3, 0.4) is 0 Å². The molecule has 4 aromatic rings. The Hall–Kier alpha value is -3.31. The highest BCUT2D eigenvalue weighted by Crippen LogP contribution is 2.36. The number of para-hydroxylation sites is 1. The molecule has 0 bridgehead atoms. The number of carbonyl (C=O) groups excluding carboxylic acids is 1. The predicted molar refractivity (Wildman–Crippen MR) is 145 cm³/mol. The van der Waals surface area contributed by atoms with Gasteiger partial charge in [-0.1, -0.05) is 54.6 Å². The molecule has 1 aliphatic heterocycles. The number of aliphatic imine (C=N–C) groups is 1. The Bertz CT molecular complexity index is 1440. The molecule has 2 heterocycles. The Kier molecular flexibility index (Phi) is 6.05. The van der Waals surface area contributed by atoms with Gasteiger partial charge in [0, 0.05) is 41.3 Å². The summed E-state index contributed by atoms with van der Waals surface area (Å²) in [6.45, 7) is 8.92. The molecule has 0 radical (unpaired) electrons. The second-order valence-corrected chi connectivity index (χ2v) is 10.3. The smallest absolute Gasteiger partial charge is 0.266 e. The molecule has 1 fully saturated rings. The summed E-state index contributed by atoms with van der Waals surface area (Å²) in [7, 11) is 0. The quantitative estimate of drug-likeness (QED) is 0.298. The molecular formula is C29H29N3OS. The van der Waals surface area contributed by atoms with Gasteiger partial charge in [-0.15, -0.1) is 0 Å². The van der Waals surface area contributed by atoms with Crippen molar-refractivity contribution in [2.45, 2.75) is 46.3 Å². The van der Waals surface area contributed by atoms with Gasteiger partial charge in [-0.25, -0.2) is 0 Å². The molecule has 1 amide bonds. The zero-order valence-corrected chi connectivity index (χ0v) is 20.8. The summed E-state index contributed by atoms with van der Waals surface area (Å²) in [6.07, 6.45) is 4.20. The van der Waals surface area contributed by atoms with Crippen LogP contribution in [-0.4, -0.2) is 32.6 Å². The molecule has 0 atom stereocenters. The van der Waals surface area contributed by atoms with E-state index in [0.717, 1.165) is 33.1 Å². The van der Waals surface area contributed by atoms with Crippen LogP contribution in [0.4, 0.5) is 0 Å². The van der Waals surface area contributed by atoms with Crippen molar-refractivity contribution in [2.75, 3.05) is 0 Å². The van der Waals surface area contributed by atoms with Gasteiger partial charge in [0.2, 0.25) is 0 Å². The van der Waals surface area contributed by atoms with Crippen LogP contribution in [0.1, 0.15) is 38.8 Å². The van der Waals surface area contributed by atoms with Crippen LogP contribution in [0.2, 0.25) is 0 Å². The molecule has 0 aliphatic carbocycles. The van der Waals surface area contributed by atoms with Crippen LogP contribution in [0.25, 0.3) is 27.8 Å². The third-order valence-corrected chi connectivity index (χ3v) is 6.99. The van der Waals surface area contributed by atoms with E-state index in [4.69, 9.17) is 4.99 Å². The predicted octanol–water partition coefficient (Wildman–Crippen LogP) is 6.93. The summed E-state index contributed by atoms with van der Waals surface area (Å²) in [5.74, 6) is 0.0331. The van der Waals surface area contributed by atoms with Crippen LogP contribution in [0.5, 0.6) is 0 Å². The van der Waals surface area contributed by atoms with Crippen molar-refractivity contribution >= 4 is 50.6 Å². The van der Waals surface area contributed by atoms with Gasteiger partial charge in [-0.05, 0) is 74.0 Å². The normalized spacial score (nSPS) is 16.9. The van der Waals surface area contributed by atoms with E-state index in [1.807, 2.05) is 38.7 Å². The summed E-state index contributed by atoms with van der Waals surface area (Å²) in [5, 5.41) is 4.44. The first-order chi connectivity index (χ1) is 16.4. The third kappa shape index (κ3) is 4.28. The van der Waals surface area contributed by atoms with Gasteiger partial charge in [-0.3, -0.25) is 14.7 Å². The number of hydrogen-bond acceptors (Lipinski definition) is 3. The molecule has 1 aliphatic rings. The van der Waals surface area contributed by atoms with Gasteiger partial charge < -0.3 is 4.57 Å². The summed E-state index contributed by atoms with van der Waals surface area (Å²) in [5.41, 5.74) is 3.47. The SMILES string of the molecule is CC(C)N=C1S/C(=C/c2cn(Cc3ccc4ccccc4c3)c3ccccc23)C(=O)N1C(C)C. The molecule has 0 spiro atoms. The molecule has 34 heavy (non-hydrogen) atoms. The second kappa shape index (κ2) is 9.15. The lowest BCUT2D eigenvalue weighted by molar-refractivity contribution is -0.123. The number of aromatic nitrogens is 1. The summed E-state index contributed by atoms with van der Waals surface area (Å²) in [6, 6.07) is 23.7. The van der Waals surface area contributed by atoms with Crippen LogP contribution in [0, 0.1) is 0 Å². The van der Waals surface area contributed by atoms with Gasteiger partial charge in [0.1, 0.15) is 0 Å². The van der Waals surface area contributed by atoms with Gasteiger partial charge in [0.25, 0.3) is 5.91 Å². The first-order valence-electron chi connectivity index (χ1n) is 11.8. The van der Waals surface area contributed by atoms with Gasteiger partial charge in [-0.2, -0.15) is 0 Å². The Morgan fingerprint density at radius 2 is 1.68 bits per heavy atom. The fourth-order valence-corrected chi connectivity index (χ4v) is 5.67. The number of amidine groups is 1. The highest BCUT2D eigenvalue weighted by Gasteiger charge is 2.35. The fraction of sp³-hybridized carbons (Fsp3) is 0.241. The lowest BCUT2D eigenvalue weighted by Crippen LogP contribution is -2.35. The minimum absolute atomic E-state index is 0.0331. The number of carbonyl (C=O) groups is 1. The number of rotatable bonds is 5. The van der Waals surface area contributed by atoms with Crippen molar-refractivity contribution in [3.05, 3.63) is 89.0 Å². The lowest BCUT2D eigenvalue weighted by Gasteiger charge is -2.20. The molecule has 5 rings (SSSR count). The number of fused-ring (bicyclic) bond motifs is 2. The molecule has 5 heteroatoms. The zero-order chi connectivity index (χ0) is 23.8. The molecule has 1 aromatic heterocycles. The number of hydrogen-bond donors (Lipinski definition) is 0. The maximum atomic E-state index is 13.3. The minimum atomic E-state index is 0.0331. The number of amides is 1. The van der Waals surface area contributed by atoms with Crippen LogP contribution < -0.4 is 0 Å². The zero-order valence-electron chi connectivity index (χ0n) is 20.0. The molecule has 172 valence electrons. The summed E-state index contributed by atoms with van der Waals surface area (Å²) < 4.78 is 2.28. The number of thioether (sulfide) groups is 1. The van der Waals surface area contributed by atoms with Gasteiger partial charge >= 0.3 is 0 Å². The molecule has 0 saturated carbocycles. The van der Waals surface area contributed by atoms with Crippen LogP contribution >= 0.6 is 11.8 Å². The fourth-order valence-electron chi connectivity index (χ4n) is 4.45. The van der Waals surface area contributed by atoms with E-state index < -0.39 is 0 Å². The highest BCUT2D eigenvalue weighted by atomic mass is 32.2. The summed E-state index contributed by atoms with van der Waals surface area (Å²) in [4.78, 5) is 20.5. The van der Waals surface area contributed by atoms with Crippen molar-refractivity contribution in [1.29, 1.82) is 0 Å². The van der Waals surface area contributed by atoms with Gasteiger partial charge in [0.05, 0.1) is 4.91 Å². The topological polar surface area (TPSA) is 37.6 Å². The maximum Gasteiger partial charge on any atom is 0.266 e. The lowest BCUT2D eigenvalue weighted by atomic mass is 10.1. The first-order valence-corrected chi connectivity index (χ1v) is 12.6. The van der Waals surface area contributed by atoms with Crippen molar-refractivity contribution < 1.29 is 4.79 Å². The third-order valence-electron chi connectivity index (χ3n) is 5.99. The molecule has 0 N–H and O–H groups in total. The van der Waals surface area contributed by atoms with Crippen LogP contribution in [0.15, 0.2) is 82.8 Å². The van der Waals surface area contributed by atoms with Gasteiger partial charge in [0.15, 0.2) is 5.17 Å². The Morgan fingerprint density at radius 1 is 0.941 bits per heavy atom. The molecular weight excluding hydrogens is 438 g/mol. The van der Waals surface area contributed by atoms with E-state index in [1.54, 1.807) is 0 Å². The monoisotopic (exact) mass is 467 g/mol. The van der Waals surface area contributed by atoms with Crippen molar-refractivity contribution in [3.8, 4) is 0 Å². The van der Waals surface area contributed by atoms with E-state index in [1.165, 1.54) is 28.1 Å². The standard InChI is InChI=1S/C29H29N3OS/c1-19(2)30-29-32(20(3)4)28(33)27(34-29)16-24-18-31(26-12-8-7-11-25(24)26)17-21-13-14-22-9-5-6-10-23(22)15-21/h5-16,18-20H,17H2,1-4H3/b27-16+,30-29?. The molecule has 4 nitrogen and oxygen atoms in total. The average molecular weight is 468 g/mol. The average Bonchev–Trinajstić information content (AvgIpc) is 3.30. The highest BCUT2D eigenvalue weighted by molar-refractivity contribution is 8.18. The van der Waals surface area contributed by atoms with E-state index in [-0.39, 0.29) is 18.0 Å². The van der Waals surface area contributed by atoms with Crippen molar-refractivity contribution in [2.24, 2.45) is 4.99 Å². The second-order valence-electron chi connectivity index (χ2n) is 9.30. The number of benzene rings is 3. The van der Waals surface area contributed by atoms with E-state index in [0.29, 0.717) is 0 Å². The van der Waals surface area contributed by atoms with Crippen LogP contribution in [-0.2, 0) is 11.3 Å². The first kappa shape index (κ1) is 22.5. The Labute approximate surface area is 205 Å². The van der Waals surface area contributed by atoms with Crippen molar-refractivity contribution in [3.63, 3.8) is 0 Å². The number of nitrogens with zero attached hydrogens (tertiary/aromatic N) is 3. The van der Waals surface area contributed by atoms with E-state index in [9.17, 15) is 4.79 Å². The maximum absolute atomic E-state index is 13.3. The van der Waals surface area contributed by atoms with E-state index >= 15 is 0 Å². The minimum Gasteiger partial charge on any atom is -0.342 e.